The lowest BCUT2D eigenvalue weighted by Crippen LogP contribution is -2.23. The molecule has 0 spiro atoms. The molecule has 1 aromatic rings. The highest BCUT2D eigenvalue weighted by Crippen LogP contribution is 2.29. The van der Waals surface area contributed by atoms with E-state index in [1.54, 1.807) is 20.3 Å². The van der Waals surface area contributed by atoms with E-state index in [2.05, 4.69) is 10.3 Å². The maximum absolute atomic E-state index is 5.81. The molecule has 0 heterocycles. The predicted molar refractivity (Wildman–Crippen MR) is 96.2 cm³/mol. The van der Waals surface area contributed by atoms with Gasteiger partial charge in [0.2, 0.25) is 0 Å². The molecule has 0 atom stereocenters. The number of guanidine groups is 1. The Kier molecular flexibility index (Phi) is 10.8. The molecule has 0 bridgehead atoms. The number of aliphatic imine (C=N–C) groups is 1. The van der Waals surface area contributed by atoms with Crippen molar-refractivity contribution < 1.29 is 14.2 Å². The van der Waals surface area contributed by atoms with Crippen molar-refractivity contribution >= 4 is 35.6 Å². The highest BCUT2D eigenvalue weighted by atomic mass is 127. The summed E-state index contributed by atoms with van der Waals surface area (Å²) in [7, 11) is 3.19. The maximum atomic E-state index is 5.81. The van der Waals surface area contributed by atoms with Gasteiger partial charge in [0.05, 0.1) is 14.2 Å². The van der Waals surface area contributed by atoms with Crippen molar-refractivity contribution in [2.24, 2.45) is 10.7 Å². The lowest BCUT2D eigenvalue weighted by molar-refractivity contribution is 0.146. The number of halogens is 1. The molecule has 0 aromatic heterocycles. The zero-order valence-electron chi connectivity index (χ0n) is 12.7. The molecule has 6 nitrogen and oxygen atoms in total. The molecule has 0 radical (unpaired) electrons. The van der Waals surface area contributed by atoms with Gasteiger partial charge in [-0.05, 0) is 25.5 Å². The van der Waals surface area contributed by atoms with Gasteiger partial charge >= 0.3 is 0 Å². The largest absolute Gasteiger partial charge is 0.493 e. The number of hydrogen-bond acceptors (Lipinski definition) is 4. The molecule has 0 aliphatic carbocycles. The van der Waals surface area contributed by atoms with Crippen molar-refractivity contribution in [1.82, 2.24) is 0 Å². The van der Waals surface area contributed by atoms with Crippen LogP contribution in [0.2, 0.25) is 0 Å². The lowest BCUT2D eigenvalue weighted by Gasteiger charge is -2.10. The first-order valence-corrected chi connectivity index (χ1v) is 6.58. The summed E-state index contributed by atoms with van der Waals surface area (Å²) in [5.41, 5.74) is 6.61. The van der Waals surface area contributed by atoms with Crippen LogP contribution in [-0.4, -0.2) is 39.9 Å². The summed E-state index contributed by atoms with van der Waals surface area (Å²) in [5, 5.41) is 3.01. The van der Waals surface area contributed by atoms with E-state index in [9.17, 15) is 0 Å². The van der Waals surface area contributed by atoms with Crippen LogP contribution in [0.5, 0.6) is 11.5 Å². The van der Waals surface area contributed by atoms with Crippen LogP contribution in [0.15, 0.2) is 23.2 Å². The SMILES string of the molecule is CCOCCCN=C(N)Nc1ccc(OC)c(OC)c1.I. The van der Waals surface area contributed by atoms with E-state index in [1.165, 1.54) is 0 Å². The van der Waals surface area contributed by atoms with Crippen molar-refractivity contribution in [1.29, 1.82) is 0 Å². The van der Waals surface area contributed by atoms with E-state index in [0.717, 1.165) is 18.7 Å². The molecule has 0 saturated carbocycles. The maximum Gasteiger partial charge on any atom is 0.193 e. The Morgan fingerprint density at radius 1 is 1.24 bits per heavy atom. The Morgan fingerprint density at radius 3 is 2.57 bits per heavy atom. The highest BCUT2D eigenvalue weighted by Gasteiger charge is 2.04. The first-order chi connectivity index (χ1) is 9.71. The van der Waals surface area contributed by atoms with E-state index in [1.807, 2.05) is 19.1 Å². The van der Waals surface area contributed by atoms with Gasteiger partial charge in [0, 0.05) is 31.5 Å². The van der Waals surface area contributed by atoms with Crippen LogP contribution in [0.25, 0.3) is 0 Å². The number of nitrogens with one attached hydrogen (secondary N) is 1. The lowest BCUT2D eigenvalue weighted by atomic mass is 10.3. The minimum atomic E-state index is 0. The smallest absolute Gasteiger partial charge is 0.193 e. The quantitative estimate of drug-likeness (QED) is 0.299. The first kappa shape index (κ1) is 19.8. The average Bonchev–Trinajstić information content (AvgIpc) is 2.46. The molecule has 3 N–H and O–H groups in total. The molecule has 0 saturated heterocycles. The molecule has 120 valence electrons. The second-order valence-electron chi connectivity index (χ2n) is 4.01. The molecule has 0 aliphatic rings. The van der Waals surface area contributed by atoms with Crippen molar-refractivity contribution in [3.63, 3.8) is 0 Å². The van der Waals surface area contributed by atoms with Crippen LogP contribution < -0.4 is 20.5 Å². The molecule has 0 aliphatic heterocycles. The fourth-order valence-corrected chi connectivity index (χ4v) is 1.61. The zero-order valence-corrected chi connectivity index (χ0v) is 15.0. The summed E-state index contributed by atoms with van der Waals surface area (Å²) in [6.45, 7) is 4.02. The number of benzene rings is 1. The Morgan fingerprint density at radius 2 is 1.95 bits per heavy atom. The van der Waals surface area contributed by atoms with E-state index < -0.39 is 0 Å². The minimum absolute atomic E-state index is 0. The third-order valence-electron chi connectivity index (χ3n) is 2.59. The van der Waals surface area contributed by atoms with Crippen LogP contribution in [0.4, 0.5) is 5.69 Å². The van der Waals surface area contributed by atoms with Gasteiger partial charge in [0.25, 0.3) is 0 Å². The predicted octanol–water partition coefficient (Wildman–Crippen LogP) is 2.48. The van der Waals surface area contributed by atoms with Crippen LogP contribution in [-0.2, 0) is 4.74 Å². The molecule has 1 rings (SSSR count). The van der Waals surface area contributed by atoms with Gasteiger partial charge in [0.1, 0.15) is 0 Å². The van der Waals surface area contributed by atoms with Gasteiger partial charge in [-0.3, -0.25) is 4.99 Å². The first-order valence-electron chi connectivity index (χ1n) is 6.58. The standard InChI is InChI=1S/C14H23N3O3.HI/c1-4-20-9-5-8-16-14(15)17-11-6-7-12(18-2)13(10-11)19-3;/h6-7,10H,4-5,8-9H2,1-3H3,(H3,15,16,17);1H. The van der Waals surface area contributed by atoms with Crippen molar-refractivity contribution in [2.45, 2.75) is 13.3 Å². The second kappa shape index (κ2) is 11.4. The Labute approximate surface area is 143 Å². The summed E-state index contributed by atoms with van der Waals surface area (Å²) in [6, 6.07) is 5.47. The van der Waals surface area contributed by atoms with Crippen LogP contribution in [0.1, 0.15) is 13.3 Å². The number of ether oxygens (including phenoxy) is 3. The fraction of sp³-hybridized carbons (Fsp3) is 0.500. The summed E-state index contributed by atoms with van der Waals surface area (Å²) < 4.78 is 15.6. The van der Waals surface area contributed by atoms with E-state index >= 15 is 0 Å². The Bertz CT molecular complexity index is 441. The van der Waals surface area contributed by atoms with Gasteiger partial charge < -0.3 is 25.3 Å². The third-order valence-corrected chi connectivity index (χ3v) is 2.59. The molecule has 1 aromatic carbocycles. The van der Waals surface area contributed by atoms with Gasteiger partial charge in [-0.15, -0.1) is 24.0 Å². The topological polar surface area (TPSA) is 78.1 Å². The molecule has 0 fully saturated rings. The average molecular weight is 409 g/mol. The zero-order chi connectivity index (χ0) is 14.8. The number of nitrogens with zero attached hydrogens (tertiary/aromatic N) is 1. The molecule has 21 heavy (non-hydrogen) atoms. The van der Waals surface area contributed by atoms with Gasteiger partial charge in [-0.25, -0.2) is 0 Å². The van der Waals surface area contributed by atoms with Gasteiger partial charge in [0.15, 0.2) is 17.5 Å². The molecule has 7 heteroatoms. The van der Waals surface area contributed by atoms with Crippen LogP contribution in [0.3, 0.4) is 0 Å². The monoisotopic (exact) mass is 409 g/mol. The number of rotatable bonds is 8. The van der Waals surface area contributed by atoms with E-state index in [0.29, 0.717) is 30.6 Å². The van der Waals surface area contributed by atoms with E-state index in [4.69, 9.17) is 19.9 Å². The van der Waals surface area contributed by atoms with Crippen molar-refractivity contribution in [3.05, 3.63) is 18.2 Å². The summed E-state index contributed by atoms with van der Waals surface area (Å²) in [6.07, 6.45) is 0.849. The van der Waals surface area contributed by atoms with Gasteiger partial charge in [-0.1, -0.05) is 0 Å². The molecule has 0 unspecified atom stereocenters. The number of nitrogens with two attached hydrogens (primary N) is 1. The number of anilines is 1. The molecular formula is C14H24IN3O3. The number of hydrogen-bond donors (Lipinski definition) is 2. The van der Waals surface area contributed by atoms with Crippen LogP contribution >= 0.6 is 24.0 Å². The summed E-state index contributed by atoms with van der Waals surface area (Å²) in [4.78, 5) is 4.22. The van der Waals surface area contributed by atoms with E-state index in [-0.39, 0.29) is 24.0 Å². The van der Waals surface area contributed by atoms with Crippen LogP contribution in [0, 0.1) is 0 Å². The normalized spacial score (nSPS) is 10.7. The second-order valence-corrected chi connectivity index (χ2v) is 4.01. The molecular weight excluding hydrogens is 385 g/mol. The minimum Gasteiger partial charge on any atom is -0.493 e. The molecule has 0 amide bonds. The van der Waals surface area contributed by atoms with Crippen molar-refractivity contribution in [3.8, 4) is 11.5 Å². The van der Waals surface area contributed by atoms with Crippen molar-refractivity contribution in [2.75, 3.05) is 39.3 Å². The number of methoxy groups -OCH3 is 2. The Hall–Kier alpha value is -1.22. The summed E-state index contributed by atoms with van der Waals surface area (Å²) >= 11 is 0. The Balaban J connectivity index is 0.00000400. The highest BCUT2D eigenvalue weighted by molar-refractivity contribution is 14.0. The van der Waals surface area contributed by atoms with Gasteiger partial charge in [-0.2, -0.15) is 0 Å². The fourth-order valence-electron chi connectivity index (χ4n) is 1.61. The summed E-state index contributed by atoms with van der Waals surface area (Å²) in [5.74, 6) is 1.68. The third kappa shape index (κ3) is 7.37.